The average molecular weight is 343 g/mol. The van der Waals surface area contributed by atoms with Crippen LogP contribution in [0.1, 0.15) is 16.7 Å². The van der Waals surface area contributed by atoms with Gasteiger partial charge < -0.3 is 5.32 Å². The summed E-state index contributed by atoms with van der Waals surface area (Å²) in [5, 5.41) is 11.4. The van der Waals surface area contributed by atoms with Gasteiger partial charge in [-0.05, 0) is 43.7 Å². The summed E-state index contributed by atoms with van der Waals surface area (Å²) in [4.78, 5) is 12.1. The molecule has 24 heavy (non-hydrogen) atoms. The van der Waals surface area contributed by atoms with Crippen molar-refractivity contribution in [1.29, 1.82) is 5.26 Å². The lowest BCUT2D eigenvalue weighted by Crippen LogP contribution is -2.33. The SMILES string of the molecule is Cc1ccc(S(=O)(=O)NCC(=O)Nc2cccc(C#N)c2)c(C)c1. The maximum Gasteiger partial charge on any atom is 0.241 e. The molecule has 0 unspecified atom stereocenters. The molecule has 0 aliphatic heterocycles. The molecule has 0 aromatic heterocycles. The number of carbonyl (C=O) groups excluding carboxylic acids is 1. The van der Waals surface area contributed by atoms with Crippen molar-refractivity contribution >= 4 is 21.6 Å². The van der Waals surface area contributed by atoms with Gasteiger partial charge in [0, 0.05) is 5.69 Å². The summed E-state index contributed by atoms with van der Waals surface area (Å²) in [5.74, 6) is -0.515. The zero-order valence-corrected chi connectivity index (χ0v) is 14.1. The Hall–Kier alpha value is -2.69. The highest BCUT2D eigenvalue weighted by atomic mass is 32.2. The third-order valence-electron chi connectivity index (χ3n) is 3.32. The molecule has 0 aliphatic rings. The summed E-state index contributed by atoms with van der Waals surface area (Å²) in [6.07, 6.45) is 0. The van der Waals surface area contributed by atoms with Crippen LogP contribution >= 0.6 is 0 Å². The van der Waals surface area contributed by atoms with Gasteiger partial charge in [0.05, 0.1) is 23.1 Å². The largest absolute Gasteiger partial charge is 0.325 e. The van der Waals surface area contributed by atoms with E-state index in [9.17, 15) is 13.2 Å². The zero-order valence-electron chi connectivity index (χ0n) is 13.3. The fourth-order valence-electron chi connectivity index (χ4n) is 2.21. The molecule has 0 bridgehead atoms. The van der Waals surface area contributed by atoms with Crippen molar-refractivity contribution in [1.82, 2.24) is 4.72 Å². The summed E-state index contributed by atoms with van der Waals surface area (Å²) >= 11 is 0. The first-order valence-electron chi connectivity index (χ1n) is 7.19. The number of hydrogen-bond donors (Lipinski definition) is 2. The molecule has 0 aliphatic carbocycles. The van der Waals surface area contributed by atoms with Crippen LogP contribution < -0.4 is 10.0 Å². The number of nitriles is 1. The number of aryl methyl sites for hydroxylation is 2. The molecule has 2 aromatic carbocycles. The molecule has 0 saturated carbocycles. The minimum absolute atomic E-state index is 0.146. The highest BCUT2D eigenvalue weighted by Crippen LogP contribution is 2.16. The number of sulfonamides is 1. The van der Waals surface area contributed by atoms with E-state index in [4.69, 9.17) is 5.26 Å². The average Bonchev–Trinajstić information content (AvgIpc) is 2.53. The van der Waals surface area contributed by atoms with Crippen LogP contribution in [0.25, 0.3) is 0 Å². The monoisotopic (exact) mass is 343 g/mol. The molecule has 0 radical (unpaired) electrons. The first kappa shape index (κ1) is 17.7. The van der Waals surface area contributed by atoms with Crippen LogP contribution in [0.15, 0.2) is 47.4 Å². The Morgan fingerprint density at radius 3 is 2.58 bits per heavy atom. The summed E-state index contributed by atoms with van der Waals surface area (Å²) in [6.45, 7) is 3.18. The Labute approximate surface area is 141 Å². The Morgan fingerprint density at radius 2 is 1.92 bits per heavy atom. The van der Waals surface area contributed by atoms with E-state index in [0.717, 1.165) is 5.56 Å². The topological polar surface area (TPSA) is 99.1 Å². The highest BCUT2D eigenvalue weighted by Gasteiger charge is 2.17. The predicted molar refractivity (Wildman–Crippen MR) is 90.9 cm³/mol. The van der Waals surface area contributed by atoms with Crippen molar-refractivity contribution in [2.45, 2.75) is 18.7 Å². The van der Waals surface area contributed by atoms with Crippen LogP contribution in [-0.4, -0.2) is 20.9 Å². The predicted octanol–water partition coefficient (Wildman–Crippen LogP) is 2.09. The number of anilines is 1. The molecule has 0 spiro atoms. The number of nitrogens with one attached hydrogen (secondary N) is 2. The summed E-state index contributed by atoms with van der Waals surface area (Å²) in [7, 11) is -3.77. The molecule has 0 atom stereocenters. The third kappa shape index (κ3) is 4.41. The van der Waals surface area contributed by atoms with Crippen molar-refractivity contribution in [3.8, 4) is 6.07 Å². The molecule has 2 rings (SSSR count). The number of nitrogens with zero attached hydrogens (tertiary/aromatic N) is 1. The van der Waals surface area contributed by atoms with Gasteiger partial charge >= 0.3 is 0 Å². The van der Waals surface area contributed by atoms with Crippen molar-refractivity contribution in [2.75, 3.05) is 11.9 Å². The summed E-state index contributed by atoms with van der Waals surface area (Å²) in [6, 6.07) is 13.3. The zero-order chi connectivity index (χ0) is 17.7. The second-order valence-electron chi connectivity index (χ2n) is 5.33. The standard InChI is InChI=1S/C17H17N3O3S/c1-12-6-7-16(13(2)8-12)24(22,23)19-11-17(21)20-15-5-3-4-14(9-15)10-18/h3-9,19H,11H2,1-2H3,(H,20,21). The van der Waals surface area contributed by atoms with Crippen LogP contribution in [0.4, 0.5) is 5.69 Å². The van der Waals surface area contributed by atoms with E-state index in [1.807, 2.05) is 13.0 Å². The lowest BCUT2D eigenvalue weighted by Gasteiger charge is -2.10. The van der Waals surface area contributed by atoms with E-state index >= 15 is 0 Å². The lowest BCUT2D eigenvalue weighted by molar-refractivity contribution is -0.115. The molecule has 124 valence electrons. The smallest absolute Gasteiger partial charge is 0.241 e. The van der Waals surface area contributed by atoms with Gasteiger partial charge in [-0.15, -0.1) is 0 Å². The lowest BCUT2D eigenvalue weighted by atomic mass is 10.2. The molecule has 1 amide bonds. The molecule has 7 heteroatoms. The fourth-order valence-corrected chi connectivity index (χ4v) is 3.42. The Balaban J connectivity index is 2.03. The first-order chi connectivity index (χ1) is 11.3. The quantitative estimate of drug-likeness (QED) is 0.868. The van der Waals surface area contributed by atoms with Gasteiger partial charge in [-0.1, -0.05) is 23.8 Å². The Kier molecular flexibility index (Phi) is 5.34. The van der Waals surface area contributed by atoms with Gasteiger partial charge in [0.1, 0.15) is 0 Å². The highest BCUT2D eigenvalue weighted by molar-refractivity contribution is 7.89. The van der Waals surface area contributed by atoms with Gasteiger partial charge in [-0.25, -0.2) is 13.1 Å². The van der Waals surface area contributed by atoms with Crippen molar-refractivity contribution in [2.24, 2.45) is 0 Å². The molecular weight excluding hydrogens is 326 g/mol. The minimum atomic E-state index is -3.77. The van der Waals surface area contributed by atoms with E-state index in [1.165, 1.54) is 12.1 Å². The van der Waals surface area contributed by atoms with Gasteiger partial charge in [-0.2, -0.15) is 5.26 Å². The first-order valence-corrected chi connectivity index (χ1v) is 8.67. The van der Waals surface area contributed by atoms with Crippen LogP contribution in [0.5, 0.6) is 0 Å². The van der Waals surface area contributed by atoms with E-state index in [0.29, 0.717) is 16.8 Å². The molecule has 2 N–H and O–H groups in total. The third-order valence-corrected chi connectivity index (χ3v) is 4.88. The van der Waals surface area contributed by atoms with E-state index in [-0.39, 0.29) is 4.90 Å². The minimum Gasteiger partial charge on any atom is -0.325 e. The number of amides is 1. The Bertz CT molecular complexity index is 915. The van der Waals surface area contributed by atoms with Crippen molar-refractivity contribution in [3.05, 3.63) is 59.2 Å². The van der Waals surface area contributed by atoms with Gasteiger partial charge in [0.15, 0.2) is 0 Å². The number of hydrogen-bond acceptors (Lipinski definition) is 4. The fraction of sp³-hybridized carbons (Fsp3) is 0.176. The van der Waals surface area contributed by atoms with Crippen LogP contribution in [0, 0.1) is 25.2 Å². The molecule has 6 nitrogen and oxygen atoms in total. The van der Waals surface area contributed by atoms with Crippen molar-refractivity contribution in [3.63, 3.8) is 0 Å². The molecule has 0 fully saturated rings. The normalized spacial score (nSPS) is 10.9. The van der Waals surface area contributed by atoms with E-state index < -0.39 is 22.5 Å². The number of carbonyl (C=O) groups is 1. The van der Waals surface area contributed by atoms with Gasteiger partial charge in [0.2, 0.25) is 15.9 Å². The summed E-state index contributed by atoms with van der Waals surface area (Å²) < 4.78 is 26.9. The molecule has 0 heterocycles. The number of rotatable bonds is 5. The van der Waals surface area contributed by atoms with Crippen LogP contribution in [-0.2, 0) is 14.8 Å². The summed E-state index contributed by atoms with van der Waals surface area (Å²) in [5.41, 5.74) is 2.42. The van der Waals surface area contributed by atoms with Gasteiger partial charge in [-0.3, -0.25) is 4.79 Å². The van der Waals surface area contributed by atoms with Crippen LogP contribution in [0.2, 0.25) is 0 Å². The molecule has 0 saturated heterocycles. The van der Waals surface area contributed by atoms with E-state index in [1.54, 1.807) is 37.3 Å². The maximum absolute atomic E-state index is 12.3. The van der Waals surface area contributed by atoms with E-state index in [2.05, 4.69) is 10.0 Å². The Morgan fingerprint density at radius 1 is 1.17 bits per heavy atom. The van der Waals surface area contributed by atoms with Crippen LogP contribution in [0.3, 0.4) is 0 Å². The maximum atomic E-state index is 12.3. The number of benzene rings is 2. The van der Waals surface area contributed by atoms with Gasteiger partial charge in [0.25, 0.3) is 0 Å². The van der Waals surface area contributed by atoms with Crippen molar-refractivity contribution < 1.29 is 13.2 Å². The second kappa shape index (κ2) is 7.25. The second-order valence-corrected chi connectivity index (χ2v) is 7.07. The molecule has 2 aromatic rings. The molecular formula is C17H17N3O3S.